The topological polar surface area (TPSA) is 96.4 Å². The Bertz CT molecular complexity index is 1180. The van der Waals surface area contributed by atoms with E-state index in [-0.39, 0.29) is 31.1 Å². The highest BCUT2D eigenvalue weighted by Crippen LogP contribution is 2.64. The van der Waals surface area contributed by atoms with Crippen molar-refractivity contribution in [2.45, 2.75) is 107 Å². The molecule has 8 nitrogen and oxygen atoms in total. The van der Waals surface area contributed by atoms with E-state index in [1.807, 2.05) is 48.2 Å². The van der Waals surface area contributed by atoms with Crippen LogP contribution in [0.1, 0.15) is 76.7 Å². The summed E-state index contributed by atoms with van der Waals surface area (Å²) < 4.78 is 12.6. The van der Waals surface area contributed by atoms with E-state index >= 15 is 0 Å². The van der Waals surface area contributed by atoms with Gasteiger partial charge in [0.1, 0.15) is 17.6 Å². The summed E-state index contributed by atoms with van der Waals surface area (Å²) in [6.45, 7) is 9.90. The maximum absolute atomic E-state index is 14.8. The van der Waals surface area contributed by atoms with Gasteiger partial charge in [-0.3, -0.25) is 14.4 Å². The first-order valence-electron chi connectivity index (χ1n) is 16.2. The molecule has 1 aromatic rings. The number of hydrogen-bond acceptors (Lipinski definition) is 6. The number of hydrogen-bond donors (Lipinski definition) is 1. The van der Waals surface area contributed by atoms with Crippen molar-refractivity contribution in [1.29, 1.82) is 0 Å². The van der Waals surface area contributed by atoms with Crippen LogP contribution in [0.2, 0.25) is 0 Å². The van der Waals surface area contributed by atoms with Crippen LogP contribution in [0, 0.1) is 11.8 Å². The summed E-state index contributed by atoms with van der Waals surface area (Å²) in [6.07, 6.45) is 12.5. The zero-order valence-electron chi connectivity index (χ0n) is 25.6. The van der Waals surface area contributed by atoms with Gasteiger partial charge in [-0.25, -0.2) is 0 Å². The quantitative estimate of drug-likeness (QED) is 0.193. The van der Waals surface area contributed by atoms with E-state index in [0.717, 1.165) is 50.5 Å². The van der Waals surface area contributed by atoms with Crippen LogP contribution in [0.5, 0.6) is 0 Å². The lowest BCUT2D eigenvalue weighted by Gasteiger charge is -2.42. The molecule has 1 N–H and O–H groups in total. The van der Waals surface area contributed by atoms with Gasteiger partial charge in [-0.2, -0.15) is 0 Å². The molecule has 2 bridgehead atoms. The van der Waals surface area contributed by atoms with E-state index in [4.69, 9.17) is 9.47 Å². The standard InChI is InChI=1S/C35H48N2O6/c1-4-6-7-14-22-42-33(41)29-28-31(39)37(27(24-38)23-25-15-10-8-11-16-25)30(35(28)20-19-34(29,3)43-35)32(40)36(21-5-2)26-17-12-9-13-18-26/h4-5,8,10-11,15-16,26-30,38H,1-2,6-7,9,12-14,17-24H2,3H3/t27-,28+,29+,30?,34-,35?/m1/s1. The number of allylic oxidation sites excluding steroid dienone is 1. The monoisotopic (exact) mass is 592 g/mol. The first-order valence-corrected chi connectivity index (χ1v) is 16.2. The molecule has 1 aromatic carbocycles. The maximum Gasteiger partial charge on any atom is 0.312 e. The zero-order valence-corrected chi connectivity index (χ0v) is 25.6. The molecule has 3 heterocycles. The summed E-state index contributed by atoms with van der Waals surface area (Å²) in [6, 6.07) is 8.15. The van der Waals surface area contributed by atoms with E-state index in [1.54, 1.807) is 11.0 Å². The number of benzene rings is 1. The first kappa shape index (κ1) is 31.5. The molecule has 1 saturated carbocycles. The van der Waals surface area contributed by atoms with Crippen LogP contribution in [0.25, 0.3) is 0 Å². The van der Waals surface area contributed by atoms with Crippen LogP contribution >= 0.6 is 0 Å². The summed E-state index contributed by atoms with van der Waals surface area (Å²) in [5.74, 6) is -2.56. The Morgan fingerprint density at radius 3 is 2.56 bits per heavy atom. The number of rotatable bonds is 14. The van der Waals surface area contributed by atoms with E-state index < -0.39 is 41.1 Å². The number of fused-ring (bicyclic) bond motifs is 1. The fourth-order valence-electron chi connectivity index (χ4n) is 8.29. The number of unbranched alkanes of at least 4 members (excludes halogenated alkanes) is 2. The summed E-state index contributed by atoms with van der Waals surface area (Å²) in [5, 5.41) is 10.7. The molecule has 3 aliphatic heterocycles. The van der Waals surface area contributed by atoms with Gasteiger partial charge in [0.15, 0.2) is 0 Å². The Balaban J connectivity index is 1.52. The van der Waals surface area contributed by atoms with Crippen LogP contribution in [-0.2, 0) is 30.3 Å². The number of aliphatic hydroxyl groups excluding tert-OH is 1. The third-order valence-electron chi connectivity index (χ3n) is 10.3. The van der Waals surface area contributed by atoms with Gasteiger partial charge >= 0.3 is 5.97 Å². The van der Waals surface area contributed by atoms with Crippen LogP contribution < -0.4 is 0 Å². The van der Waals surface area contributed by atoms with Crippen LogP contribution in [0.4, 0.5) is 0 Å². The fraction of sp³-hybridized carbons (Fsp3) is 0.629. The van der Waals surface area contributed by atoms with Crippen molar-refractivity contribution < 1.29 is 29.0 Å². The Hall–Kier alpha value is -2.97. The third-order valence-corrected chi connectivity index (χ3v) is 10.3. The van der Waals surface area contributed by atoms with E-state index in [0.29, 0.717) is 32.2 Å². The van der Waals surface area contributed by atoms with Gasteiger partial charge in [0.2, 0.25) is 11.8 Å². The Kier molecular flexibility index (Phi) is 9.76. The molecule has 4 fully saturated rings. The highest BCUT2D eigenvalue weighted by Gasteiger charge is 2.79. The molecule has 43 heavy (non-hydrogen) atoms. The van der Waals surface area contributed by atoms with Gasteiger partial charge in [0.25, 0.3) is 0 Å². The predicted octanol–water partition coefficient (Wildman–Crippen LogP) is 4.60. The van der Waals surface area contributed by atoms with Gasteiger partial charge in [-0.05, 0) is 63.9 Å². The predicted molar refractivity (Wildman–Crippen MR) is 164 cm³/mol. The summed E-state index contributed by atoms with van der Waals surface area (Å²) in [7, 11) is 0. The Labute approximate surface area is 256 Å². The number of likely N-dealkylation sites (tertiary alicyclic amines) is 1. The number of nitrogens with zero attached hydrogens (tertiary/aromatic N) is 2. The van der Waals surface area contributed by atoms with Gasteiger partial charge < -0.3 is 24.4 Å². The van der Waals surface area contributed by atoms with Crippen molar-refractivity contribution in [2.24, 2.45) is 11.8 Å². The van der Waals surface area contributed by atoms with E-state index in [2.05, 4.69) is 13.2 Å². The molecule has 234 valence electrons. The Morgan fingerprint density at radius 1 is 1.14 bits per heavy atom. The average Bonchev–Trinajstić information content (AvgIpc) is 3.59. The first-order chi connectivity index (χ1) is 20.8. The number of esters is 1. The van der Waals surface area contributed by atoms with Crippen molar-refractivity contribution in [3.05, 3.63) is 61.2 Å². The Morgan fingerprint density at radius 2 is 1.88 bits per heavy atom. The summed E-state index contributed by atoms with van der Waals surface area (Å²) in [4.78, 5) is 46.7. The highest BCUT2D eigenvalue weighted by molar-refractivity contribution is 5.99. The minimum atomic E-state index is -1.16. The molecule has 2 amide bonds. The van der Waals surface area contributed by atoms with Crippen molar-refractivity contribution in [3.8, 4) is 0 Å². The van der Waals surface area contributed by atoms with Crippen molar-refractivity contribution in [3.63, 3.8) is 0 Å². The zero-order chi connectivity index (χ0) is 30.6. The van der Waals surface area contributed by atoms with E-state index in [9.17, 15) is 19.5 Å². The second kappa shape index (κ2) is 13.3. The van der Waals surface area contributed by atoms with Crippen molar-refractivity contribution >= 4 is 17.8 Å². The number of ether oxygens (including phenoxy) is 2. The largest absolute Gasteiger partial charge is 0.465 e. The molecule has 4 aliphatic rings. The normalized spacial score (nSPS) is 30.6. The van der Waals surface area contributed by atoms with Gasteiger partial charge in [-0.1, -0.05) is 61.7 Å². The van der Waals surface area contributed by atoms with Gasteiger partial charge in [0.05, 0.1) is 30.8 Å². The van der Waals surface area contributed by atoms with Gasteiger partial charge in [-0.15, -0.1) is 13.2 Å². The molecule has 3 saturated heterocycles. The summed E-state index contributed by atoms with van der Waals surface area (Å²) >= 11 is 0. The lowest BCUT2D eigenvalue weighted by atomic mass is 9.66. The highest BCUT2D eigenvalue weighted by atomic mass is 16.6. The lowest BCUT2D eigenvalue weighted by Crippen LogP contribution is -2.60. The number of amides is 2. The minimum Gasteiger partial charge on any atom is -0.465 e. The number of carbonyl (C=O) groups is 3. The molecule has 8 heteroatoms. The molecule has 5 rings (SSSR count). The minimum absolute atomic E-state index is 0.0545. The number of aliphatic hydroxyl groups is 1. The van der Waals surface area contributed by atoms with Crippen LogP contribution in [0.15, 0.2) is 55.6 Å². The average molecular weight is 593 g/mol. The molecule has 1 spiro atoms. The molecule has 0 aromatic heterocycles. The molecule has 2 unspecified atom stereocenters. The molecular weight excluding hydrogens is 544 g/mol. The number of carbonyl (C=O) groups excluding carboxylic acids is 3. The molecule has 6 atom stereocenters. The second-order valence-electron chi connectivity index (χ2n) is 13.0. The lowest BCUT2D eigenvalue weighted by molar-refractivity contribution is -0.162. The fourth-order valence-corrected chi connectivity index (χ4v) is 8.29. The SMILES string of the molecule is C=CCCCCOC(=O)[C@@H]1[C@H]2C(=O)N([C@@H](CO)Cc3ccccc3)C(C(=O)N(CC=C)C3CCCCC3)C23CC[C@@]1(C)O3. The van der Waals surface area contributed by atoms with Crippen molar-refractivity contribution in [1.82, 2.24) is 9.80 Å². The second-order valence-corrected chi connectivity index (χ2v) is 13.0. The van der Waals surface area contributed by atoms with E-state index in [1.165, 1.54) is 0 Å². The summed E-state index contributed by atoms with van der Waals surface area (Å²) in [5.41, 5.74) is -1.10. The molecule has 0 radical (unpaired) electrons. The van der Waals surface area contributed by atoms with Gasteiger partial charge in [0, 0.05) is 12.6 Å². The third kappa shape index (κ3) is 5.80. The smallest absolute Gasteiger partial charge is 0.312 e. The molecular formula is C35H48N2O6. The van der Waals surface area contributed by atoms with Crippen molar-refractivity contribution in [2.75, 3.05) is 19.8 Å². The van der Waals surface area contributed by atoms with Crippen LogP contribution in [-0.4, -0.2) is 81.8 Å². The maximum atomic E-state index is 14.8. The molecule has 1 aliphatic carbocycles. The van der Waals surface area contributed by atoms with Crippen LogP contribution in [0.3, 0.4) is 0 Å².